The highest BCUT2D eigenvalue weighted by Crippen LogP contribution is 2.06. The van der Waals surface area contributed by atoms with Crippen LogP contribution in [-0.4, -0.2) is 11.2 Å². The Balaban J connectivity index is 2.96. The van der Waals surface area contributed by atoms with Gasteiger partial charge >= 0.3 is 0 Å². The molecule has 3 heteroatoms. The monoisotopic (exact) mass is 195 g/mol. The van der Waals surface area contributed by atoms with Crippen LogP contribution in [-0.2, 0) is 0 Å². The first-order chi connectivity index (χ1) is 6.66. The summed E-state index contributed by atoms with van der Waals surface area (Å²) in [5.41, 5.74) is -0.0454. The average Bonchev–Trinajstić information content (AvgIpc) is 2.16. The Morgan fingerprint density at radius 2 is 2.21 bits per heavy atom. The highest BCUT2D eigenvalue weighted by Gasteiger charge is 2.05. The molecule has 1 heterocycles. The first kappa shape index (κ1) is 10.8. The Morgan fingerprint density at radius 3 is 2.79 bits per heavy atom. The molecule has 14 heavy (non-hydrogen) atoms. The fraction of sp³-hybridized carbons (Fsp3) is 0.545. The van der Waals surface area contributed by atoms with E-state index in [0.717, 1.165) is 6.42 Å². The normalized spacial score (nSPS) is 10.6. The van der Waals surface area contributed by atoms with Crippen LogP contribution in [0.4, 0.5) is 0 Å². The number of pyridine rings is 1. The minimum atomic E-state index is -0.0454. The van der Waals surface area contributed by atoms with Crippen molar-refractivity contribution in [2.45, 2.75) is 33.2 Å². The third-order valence-corrected chi connectivity index (χ3v) is 1.96. The van der Waals surface area contributed by atoms with Gasteiger partial charge in [0.25, 0.3) is 5.56 Å². The van der Waals surface area contributed by atoms with Crippen LogP contribution < -0.4 is 10.3 Å². The summed E-state index contributed by atoms with van der Waals surface area (Å²) < 4.78 is 7.02. The van der Waals surface area contributed by atoms with Crippen LogP contribution in [0.15, 0.2) is 23.1 Å². The summed E-state index contributed by atoms with van der Waals surface area (Å²) >= 11 is 0. The molecular formula is C11H17NO2. The molecule has 0 aliphatic heterocycles. The van der Waals surface area contributed by atoms with Gasteiger partial charge < -0.3 is 9.30 Å². The summed E-state index contributed by atoms with van der Waals surface area (Å²) in [6, 6.07) is 3.73. The molecule has 0 radical (unpaired) electrons. The van der Waals surface area contributed by atoms with E-state index >= 15 is 0 Å². The van der Waals surface area contributed by atoms with Gasteiger partial charge in [0.05, 0.1) is 6.61 Å². The number of hydrogen-bond acceptors (Lipinski definition) is 2. The van der Waals surface area contributed by atoms with Gasteiger partial charge in [-0.3, -0.25) is 4.79 Å². The van der Waals surface area contributed by atoms with E-state index in [2.05, 4.69) is 0 Å². The molecule has 0 spiro atoms. The second kappa shape index (κ2) is 4.84. The molecule has 0 saturated heterocycles. The predicted octanol–water partition coefficient (Wildman–Crippen LogP) is 2.22. The van der Waals surface area contributed by atoms with E-state index in [9.17, 15) is 4.79 Å². The fourth-order valence-corrected chi connectivity index (χ4v) is 1.22. The van der Waals surface area contributed by atoms with Crippen LogP contribution in [0.2, 0.25) is 0 Å². The minimum absolute atomic E-state index is 0.0454. The van der Waals surface area contributed by atoms with E-state index in [1.807, 2.05) is 26.8 Å². The highest BCUT2D eigenvalue weighted by atomic mass is 16.5. The maximum absolute atomic E-state index is 11.8. The van der Waals surface area contributed by atoms with Crippen molar-refractivity contribution in [2.24, 2.45) is 0 Å². The summed E-state index contributed by atoms with van der Waals surface area (Å²) in [6.07, 6.45) is 2.70. The molecule has 0 amide bonds. The molecule has 0 aromatic carbocycles. The van der Waals surface area contributed by atoms with E-state index < -0.39 is 0 Å². The van der Waals surface area contributed by atoms with Crippen molar-refractivity contribution >= 4 is 0 Å². The van der Waals surface area contributed by atoms with Gasteiger partial charge in [-0.05, 0) is 32.4 Å². The van der Waals surface area contributed by atoms with Crippen LogP contribution in [0.25, 0.3) is 0 Å². The molecule has 0 N–H and O–H groups in total. The van der Waals surface area contributed by atoms with Crippen LogP contribution in [0.3, 0.4) is 0 Å². The maximum atomic E-state index is 11.8. The van der Waals surface area contributed by atoms with Gasteiger partial charge in [-0.25, -0.2) is 0 Å². The van der Waals surface area contributed by atoms with E-state index in [0.29, 0.717) is 12.4 Å². The van der Waals surface area contributed by atoms with E-state index in [1.165, 1.54) is 0 Å². The molecule has 1 aromatic rings. The van der Waals surface area contributed by atoms with Crippen molar-refractivity contribution in [3.8, 4) is 5.75 Å². The van der Waals surface area contributed by atoms with Crippen molar-refractivity contribution in [1.82, 2.24) is 4.57 Å². The Bertz CT molecular complexity index is 341. The number of hydrogen-bond donors (Lipinski definition) is 0. The Kier molecular flexibility index (Phi) is 3.74. The summed E-state index contributed by atoms with van der Waals surface area (Å²) in [5, 5.41) is 0. The lowest BCUT2D eigenvalue weighted by molar-refractivity contribution is 0.309. The largest absolute Gasteiger partial charge is 0.488 e. The van der Waals surface area contributed by atoms with Gasteiger partial charge in [-0.15, -0.1) is 0 Å². The molecule has 0 bridgehead atoms. The standard InChI is InChI=1S/C11H17NO2/c1-4-8-14-10-6-5-7-12(9(2)3)11(10)13/h5-7,9H,4,8H2,1-3H3. The molecule has 3 nitrogen and oxygen atoms in total. The van der Waals surface area contributed by atoms with Gasteiger partial charge in [0.1, 0.15) is 0 Å². The Morgan fingerprint density at radius 1 is 1.50 bits per heavy atom. The molecule has 0 atom stereocenters. The van der Waals surface area contributed by atoms with Gasteiger partial charge in [-0.2, -0.15) is 0 Å². The number of ether oxygens (including phenoxy) is 1. The second-order valence-electron chi connectivity index (χ2n) is 3.53. The molecular weight excluding hydrogens is 178 g/mol. The first-order valence-corrected chi connectivity index (χ1v) is 5.00. The fourth-order valence-electron chi connectivity index (χ4n) is 1.22. The van der Waals surface area contributed by atoms with Crippen molar-refractivity contribution in [3.05, 3.63) is 28.7 Å². The predicted molar refractivity (Wildman–Crippen MR) is 56.9 cm³/mol. The van der Waals surface area contributed by atoms with Crippen LogP contribution in [0.1, 0.15) is 33.2 Å². The molecule has 0 saturated carbocycles. The topological polar surface area (TPSA) is 31.2 Å². The molecule has 0 fully saturated rings. The van der Waals surface area contributed by atoms with Crippen molar-refractivity contribution in [1.29, 1.82) is 0 Å². The smallest absolute Gasteiger partial charge is 0.293 e. The van der Waals surface area contributed by atoms with Crippen LogP contribution in [0.5, 0.6) is 5.75 Å². The Labute approximate surface area is 84.3 Å². The summed E-state index contributed by atoms with van der Waals surface area (Å²) in [7, 11) is 0. The lowest BCUT2D eigenvalue weighted by Crippen LogP contribution is -2.22. The summed E-state index contributed by atoms with van der Waals surface area (Å²) in [6.45, 7) is 6.57. The third kappa shape index (κ3) is 2.37. The van der Waals surface area contributed by atoms with Gasteiger partial charge in [0.2, 0.25) is 0 Å². The zero-order valence-electron chi connectivity index (χ0n) is 8.99. The zero-order valence-corrected chi connectivity index (χ0v) is 8.99. The second-order valence-corrected chi connectivity index (χ2v) is 3.53. The number of nitrogens with zero attached hydrogens (tertiary/aromatic N) is 1. The lowest BCUT2D eigenvalue weighted by atomic mass is 10.3. The van der Waals surface area contributed by atoms with Crippen molar-refractivity contribution in [3.63, 3.8) is 0 Å². The van der Waals surface area contributed by atoms with E-state index in [1.54, 1.807) is 16.8 Å². The molecule has 0 unspecified atom stereocenters. The molecule has 78 valence electrons. The number of aromatic nitrogens is 1. The Hall–Kier alpha value is -1.25. The lowest BCUT2D eigenvalue weighted by Gasteiger charge is -2.11. The molecule has 0 aliphatic carbocycles. The minimum Gasteiger partial charge on any atom is -0.488 e. The van der Waals surface area contributed by atoms with Gasteiger partial charge in [0, 0.05) is 12.2 Å². The molecule has 1 rings (SSSR count). The average molecular weight is 195 g/mol. The highest BCUT2D eigenvalue weighted by molar-refractivity contribution is 5.17. The van der Waals surface area contributed by atoms with E-state index in [-0.39, 0.29) is 11.6 Å². The first-order valence-electron chi connectivity index (χ1n) is 5.00. The SMILES string of the molecule is CCCOc1cccn(C(C)C)c1=O. The maximum Gasteiger partial charge on any atom is 0.293 e. The number of rotatable bonds is 4. The summed E-state index contributed by atoms with van der Waals surface area (Å²) in [5.74, 6) is 0.447. The van der Waals surface area contributed by atoms with Crippen LogP contribution in [0, 0.1) is 0 Å². The zero-order chi connectivity index (χ0) is 10.6. The van der Waals surface area contributed by atoms with Crippen LogP contribution >= 0.6 is 0 Å². The van der Waals surface area contributed by atoms with E-state index in [4.69, 9.17) is 4.74 Å². The third-order valence-electron chi connectivity index (χ3n) is 1.96. The summed E-state index contributed by atoms with van der Waals surface area (Å²) in [4.78, 5) is 11.8. The van der Waals surface area contributed by atoms with Crippen molar-refractivity contribution in [2.75, 3.05) is 6.61 Å². The quantitative estimate of drug-likeness (QED) is 0.737. The van der Waals surface area contributed by atoms with Gasteiger partial charge in [0.15, 0.2) is 5.75 Å². The van der Waals surface area contributed by atoms with Crippen molar-refractivity contribution < 1.29 is 4.74 Å². The van der Waals surface area contributed by atoms with Gasteiger partial charge in [-0.1, -0.05) is 6.92 Å². The molecule has 1 aromatic heterocycles. The molecule has 0 aliphatic rings.